The molecule has 1 aliphatic carbocycles. The van der Waals surface area contributed by atoms with Crippen LogP contribution in [0.2, 0.25) is 0 Å². The summed E-state index contributed by atoms with van der Waals surface area (Å²) in [7, 11) is 0. The summed E-state index contributed by atoms with van der Waals surface area (Å²) < 4.78 is 0. The third kappa shape index (κ3) is 1.81. The van der Waals surface area contributed by atoms with Crippen LogP contribution in [0.25, 0.3) is 0 Å². The lowest BCUT2D eigenvalue weighted by atomic mass is 9.48. The normalized spacial score (nSPS) is 36.7. The van der Waals surface area contributed by atoms with Crippen LogP contribution in [0.5, 0.6) is 0 Å². The van der Waals surface area contributed by atoms with E-state index in [2.05, 4.69) is 38.3 Å². The second-order valence-electron chi connectivity index (χ2n) is 6.72. The van der Waals surface area contributed by atoms with E-state index in [9.17, 15) is 9.59 Å². The van der Waals surface area contributed by atoms with Gasteiger partial charge in [-0.2, -0.15) is 0 Å². The van der Waals surface area contributed by atoms with Gasteiger partial charge in [0.15, 0.2) is 0 Å². The Bertz CT molecular complexity index is 374. The quantitative estimate of drug-likeness (QED) is 0.654. The molecular formula is C13H23N3O2. The Balaban J connectivity index is 2.01. The zero-order chi connectivity index (χ0) is 13.7. The minimum absolute atomic E-state index is 0.0426. The summed E-state index contributed by atoms with van der Waals surface area (Å²) in [6.07, 6.45) is 1.03. The van der Waals surface area contributed by atoms with Crippen LogP contribution in [0.15, 0.2) is 0 Å². The zero-order valence-corrected chi connectivity index (χ0v) is 11.5. The summed E-state index contributed by atoms with van der Waals surface area (Å²) in [6.45, 7) is 8.28. The Hall–Kier alpha value is -1.10. The Morgan fingerprint density at radius 2 is 1.89 bits per heavy atom. The topological polar surface area (TPSA) is 84.2 Å². The van der Waals surface area contributed by atoms with Crippen molar-refractivity contribution >= 4 is 11.8 Å². The fraction of sp³-hybridized carbons (Fsp3) is 0.846. The first kappa shape index (κ1) is 13.3. The fourth-order valence-corrected chi connectivity index (χ4v) is 3.61. The summed E-state index contributed by atoms with van der Waals surface area (Å²) in [5, 5.41) is 5.75. The molecule has 2 rings (SSSR count). The van der Waals surface area contributed by atoms with E-state index in [-0.39, 0.29) is 40.8 Å². The number of carbonyl (C=O) groups excluding carboxylic acids is 2. The SMILES string of the molecule is CC1(C)C(N)C(C)(C)C1NC(=O)C1CCC(=O)N1. The van der Waals surface area contributed by atoms with Gasteiger partial charge in [0.2, 0.25) is 11.8 Å². The molecule has 2 fully saturated rings. The Labute approximate surface area is 108 Å². The second-order valence-corrected chi connectivity index (χ2v) is 6.72. The molecule has 0 spiro atoms. The van der Waals surface area contributed by atoms with Crippen molar-refractivity contribution in [3.8, 4) is 0 Å². The van der Waals surface area contributed by atoms with Crippen molar-refractivity contribution in [2.45, 2.75) is 58.7 Å². The van der Waals surface area contributed by atoms with Gasteiger partial charge in [-0.25, -0.2) is 0 Å². The van der Waals surface area contributed by atoms with Crippen molar-refractivity contribution in [2.75, 3.05) is 0 Å². The predicted octanol–water partition coefficient (Wildman–Crippen LogP) is 0.143. The van der Waals surface area contributed by atoms with Gasteiger partial charge in [-0.1, -0.05) is 27.7 Å². The Kier molecular flexibility index (Phi) is 2.93. The van der Waals surface area contributed by atoms with Crippen LogP contribution in [-0.2, 0) is 9.59 Å². The van der Waals surface area contributed by atoms with Gasteiger partial charge in [0.1, 0.15) is 6.04 Å². The molecule has 0 aromatic heterocycles. The minimum atomic E-state index is -0.374. The van der Waals surface area contributed by atoms with Crippen LogP contribution in [0.3, 0.4) is 0 Å². The highest BCUT2D eigenvalue weighted by Crippen LogP contribution is 2.52. The maximum atomic E-state index is 12.1. The molecule has 5 heteroatoms. The molecule has 4 N–H and O–H groups in total. The van der Waals surface area contributed by atoms with Crippen LogP contribution < -0.4 is 16.4 Å². The lowest BCUT2D eigenvalue weighted by molar-refractivity contribution is -0.134. The van der Waals surface area contributed by atoms with Gasteiger partial charge in [-0.15, -0.1) is 0 Å². The summed E-state index contributed by atoms with van der Waals surface area (Å²) in [4.78, 5) is 23.2. The lowest BCUT2D eigenvalue weighted by Gasteiger charge is -2.63. The van der Waals surface area contributed by atoms with Gasteiger partial charge in [0, 0.05) is 29.3 Å². The monoisotopic (exact) mass is 253 g/mol. The van der Waals surface area contributed by atoms with Crippen molar-refractivity contribution in [1.29, 1.82) is 0 Å². The van der Waals surface area contributed by atoms with Gasteiger partial charge in [-0.3, -0.25) is 9.59 Å². The predicted molar refractivity (Wildman–Crippen MR) is 68.6 cm³/mol. The van der Waals surface area contributed by atoms with E-state index in [0.29, 0.717) is 12.8 Å². The number of rotatable bonds is 2. The van der Waals surface area contributed by atoms with Gasteiger partial charge in [0.05, 0.1) is 0 Å². The van der Waals surface area contributed by atoms with Crippen molar-refractivity contribution in [1.82, 2.24) is 10.6 Å². The van der Waals surface area contributed by atoms with Gasteiger partial charge in [-0.05, 0) is 6.42 Å². The fourth-order valence-electron chi connectivity index (χ4n) is 3.61. The third-order valence-corrected chi connectivity index (χ3v) is 4.69. The molecule has 1 aliphatic heterocycles. The summed E-state index contributed by atoms with van der Waals surface area (Å²) in [5.74, 6) is -0.127. The van der Waals surface area contributed by atoms with Gasteiger partial charge < -0.3 is 16.4 Å². The van der Waals surface area contributed by atoms with Crippen molar-refractivity contribution < 1.29 is 9.59 Å². The van der Waals surface area contributed by atoms with Crippen LogP contribution in [0.1, 0.15) is 40.5 Å². The first-order chi connectivity index (χ1) is 8.17. The highest BCUT2D eigenvalue weighted by Gasteiger charge is 2.60. The molecular weight excluding hydrogens is 230 g/mol. The molecule has 1 atom stereocenters. The molecule has 2 aliphatic rings. The average Bonchev–Trinajstić information content (AvgIpc) is 2.71. The molecule has 18 heavy (non-hydrogen) atoms. The van der Waals surface area contributed by atoms with Crippen LogP contribution in [-0.4, -0.2) is 29.9 Å². The number of amides is 2. The van der Waals surface area contributed by atoms with E-state index < -0.39 is 0 Å². The van der Waals surface area contributed by atoms with Crippen molar-refractivity contribution in [3.05, 3.63) is 0 Å². The molecule has 1 saturated heterocycles. The third-order valence-electron chi connectivity index (χ3n) is 4.69. The van der Waals surface area contributed by atoms with Crippen molar-refractivity contribution in [2.24, 2.45) is 16.6 Å². The maximum absolute atomic E-state index is 12.1. The molecule has 0 radical (unpaired) electrons. The van der Waals surface area contributed by atoms with Gasteiger partial charge in [0.25, 0.3) is 0 Å². The number of nitrogens with one attached hydrogen (secondary N) is 2. The molecule has 1 saturated carbocycles. The van der Waals surface area contributed by atoms with Crippen LogP contribution in [0.4, 0.5) is 0 Å². The molecule has 0 bridgehead atoms. The van der Waals surface area contributed by atoms with E-state index in [1.165, 1.54) is 0 Å². The smallest absolute Gasteiger partial charge is 0.242 e. The van der Waals surface area contributed by atoms with Crippen molar-refractivity contribution in [3.63, 3.8) is 0 Å². The van der Waals surface area contributed by atoms with Crippen LogP contribution >= 0.6 is 0 Å². The zero-order valence-electron chi connectivity index (χ0n) is 11.5. The second kappa shape index (κ2) is 3.95. The standard InChI is InChI=1S/C13H23N3O2/c1-12(2)10(14)13(3,4)11(12)16-9(18)7-5-6-8(17)15-7/h7,10-11H,5-6,14H2,1-4H3,(H,15,17)(H,16,18). The molecule has 2 amide bonds. The molecule has 0 aromatic carbocycles. The minimum Gasteiger partial charge on any atom is -0.350 e. The molecule has 5 nitrogen and oxygen atoms in total. The average molecular weight is 253 g/mol. The van der Waals surface area contributed by atoms with Gasteiger partial charge >= 0.3 is 0 Å². The maximum Gasteiger partial charge on any atom is 0.242 e. The first-order valence-corrected chi connectivity index (χ1v) is 6.52. The number of nitrogens with two attached hydrogens (primary N) is 1. The number of carbonyl (C=O) groups is 2. The number of hydrogen-bond donors (Lipinski definition) is 3. The van der Waals surface area contributed by atoms with E-state index in [0.717, 1.165) is 0 Å². The first-order valence-electron chi connectivity index (χ1n) is 6.52. The van der Waals surface area contributed by atoms with Crippen LogP contribution in [0, 0.1) is 10.8 Å². The molecule has 0 aromatic rings. The van der Waals surface area contributed by atoms with E-state index >= 15 is 0 Å². The highest BCUT2D eigenvalue weighted by atomic mass is 16.2. The highest BCUT2D eigenvalue weighted by molar-refractivity contribution is 5.91. The Morgan fingerprint density at radius 3 is 2.33 bits per heavy atom. The van der Waals surface area contributed by atoms with E-state index in [4.69, 9.17) is 5.73 Å². The summed E-state index contributed by atoms with van der Waals surface area (Å²) >= 11 is 0. The summed E-state index contributed by atoms with van der Waals surface area (Å²) in [5.41, 5.74) is 5.94. The Morgan fingerprint density at radius 1 is 1.33 bits per heavy atom. The molecule has 1 unspecified atom stereocenters. The van der Waals surface area contributed by atoms with E-state index in [1.54, 1.807) is 0 Å². The number of hydrogen-bond acceptors (Lipinski definition) is 3. The molecule has 1 heterocycles. The van der Waals surface area contributed by atoms with E-state index in [1.807, 2.05) is 0 Å². The summed E-state index contributed by atoms with van der Waals surface area (Å²) in [6, 6.07) is -0.264. The largest absolute Gasteiger partial charge is 0.350 e. The molecule has 102 valence electrons. The lowest BCUT2D eigenvalue weighted by Crippen LogP contribution is -2.76.